The van der Waals surface area contributed by atoms with Crippen LogP contribution in [0.25, 0.3) is 0 Å². The molecule has 1 aliphatic rings. The molecule has 2 amide bonds. The Hall–Kier alpha value is -2.71. The molecule has 1 aliphatic heterocycles. The van der Waals surface area contributed by atoms with Crippen molar-refractivity contribution in [2.75, 3.05) is 32.1 Å². The summed E-state index contributed by atoms with van der Waals surface area (Å²) in [4.78, 5) is 29.4. The van der Waals surface area contributed by atoms with Crippen molar-refractivity contribution in [3.8, 4) is 0 Å². The predicted molar refractivity (Wildman–Crippen MR) is 110 cm³/mol. The summed E-state index contributed by atoms with van der Waals surface area (Å²) in [5.41, 5.74) is 0.269. The minimum absolute atomic E-state index is 0.136. The fraction of sp³-hybridized carbons (Fsp3) is 0.333. The third kappa shape index (κ3) is 4.71. The van der Waals surface area contributed by atoms with Crippen molar-refractivity contribution in [2.24, 2.45) is 0 Å². The number of nitrogens with zero attached hydrogens (tertiary/aromatic N) is 3. The van der Waals surface area contributed by atoms with Crippen LogP contribution in [0.2, 0.25) is 5.02 Å². The van der Waals surface area contributed by atoms with E-state index in [0.717, 1.165) is 18.6 Å². The minimum atomic E-state index is -1.24. The molecule has 3 rings (SSSR count). The van der Waals surface area contributed by atoms with Gasteiger partial charge in [-0.2, -0.15) is 0 Å². The van der Waals surface area contributed by atoms with Gasteiger partial charge in [0.1, 0.15) is 11.6 Å². The molecule has 1 atom stereocenters. The summed E-state index contributed by atoms with van der Waals surface area (Å²) >= 11 is 5.90. The monoisotopic (exact) mass is 437 g/mol. The highest BCUT2D eigenvalue weighted by atomic mass is 35.5. The molecule has 0 saturated carbocycles. The van der Waals surface area contributed by atoms with Crippen LogP contribution in [0.5, 0.6) is 0 Å². The smallest absolute Gasteiger partial charge is 0.335 e. The second-order valence-electron chi connectivity index (χ2n) is 7.43. The molecule has 0 spiro atoms. The second kappa shape index (κ2) is 8.97. The number of urea groups is 1. The lowest BCUT2D eigenvalue weighted by atomic mass is 10.1. The summed E-state index contributed by atoms with van der Waals surface area (Å²) in [6.07, 6.45) is 0.804. The number of carboxylic acid groups (broad SMARTS) is 1. The van der Waals surface area contributed by atoms with Gasteiger partial charge in [-0.1, -0.05) is 17.7 Å². The molecular formula is C21H22ClF2N3O3. The summed E-state index contributed by atoms with van der Waals surface area (Å²) < 4.78 is 28.2. The van der Waals surface area contributed by atoms with E-state index in [1.54, 1.807) is 4.90 Å². The van der Waals surface area contributed by atoms with Gasteiger partial charge in [0.05, 0.1) is 17.1 Å². The van der Waals surface area contributed by atoms with Crippen LogP contribution in [0, 0.1) is 11.6 Å². The molecule has 0 bridgehead atoms. The molecule has 0 radical (unpaired) electrons. The number of aromatic carboxylic acids is 1. The maximum absolute atomic E-state index is 14.5. The Balaban J connectivity index is 1.93. The molecule has 6 nitrogen and oxygen atoms in total. The van der Waals surface area contributed by atoms with Gasteiger partial charge in [-0.25, -0.2) is 18.4 Å². The number of anilines is 1. The summed E-state index contributed by atoms with van der Waals surface area (Å²) in [6, 6.07) is 7.24. The Kier molecular flexibility index (Phi) is 6.58. The number of rotatable bonds is 5. The van der Waals surface area contributed by atoms with E-state index in [-0.39, 0.29) is 34.8 Å². The summed E-state index contributed by atoms with van der Waals surface area (Å²) in [5.74, 6) is -2.61. The molecule has 1 unspecified atom stereocenters. The highest BCUT2D eigenvalue weighted by Gasteiger charge is 2.31. The lowest BCUT2D eigenvalue weighted by Crippen LogP contribution is -2.43. The maximum Gasteiger partial charge on any atom is 0.335 e. The van der Waals surface area contributed by atoms with E-state index in [4.69, 9.17) is 16.7 Å². The van der Waals surface area contributed by atoms with Crippen molar-refractivity contribution in [1.29, 1.82) is 0 Å². The van der Waals surface area contributed by atoms with E-state index in [9.17, 15) is 18.4 Å². The van der Waals surface area contributed by atoms with Crippen LogP contribution in [-0.4, -0.2) is 60.1 Å². The number of likely N-dealkylation sites (tertiary alicyclic amines) is 1. The van der Waals surface area contributed by atoms with Crippen LogP contribution >= 0.6 is 11.6 Å². The number of carbonyl (C=O) groups excluding carboxylic acids is 1. The van der Waals surface area contributed by atoms with E-state index >= 15 is 0 Å². The first-order chi connectivity index (χ1) is 14.2. The number of hydrogen-bond donors (Lipinski definition) is 1. The van der Waals surface area contributed by atoms with Gasteiger partial charge in [0, 0.05) is 30.4 Å². The first kappa shape index (κ1) is 22.0. The zero-order valence-corrected chi connectivity index (χ0v) is 17.4. The molecule has 9 heteroatoms. The van der Waals surface area contributed by atoms with Crippen molar-refractivity contribution in [3.05, 3.63) is 64.2 Å². The molecule has 2 aromatic carbocycles. The molecular weight excluding hydrogens is 416 g/mol. The van der Waals surface area contributed by atoms with E-state index in [1.165, 1.54) is 29.2 Å². The Labute approximate surface area is 178 Å². The van der Waals surface area contributed by atoms with Gasteiger partial charge in [0.15, 0.2) is 0 Å². The van der Waals surface area contributed by atoms with Crippen molar-refractivity contribution >= 4 is 29.3 Å². The maximum atomic E-state index is 14.5. The number of halogens is 3. The van der Waals surface area contributed by atoms with Gasteiger partial charge >= 0.3 is 12.0 Å². The molecule has 2 aromatic rings. The molecule has 0 aromatic heterocycles. The standard InChI is InChI=1S/C21H22ClF2N3O3/c1-25(2)16-7-8-26(12-16)21(30)27(15-5-6-18(23)17(22)10-15)11-14-4-3-13(20(28)29)9-19(14)24/h3-6,9-10,16H,7-8,11-12H2,1-2H3,(H,28,29). The van der Waals surface area contributed by atoms with E-state index in [2.05, 4.69) is 0 Å². The minimum Gasteiger partial charge on any atom is -0.478 e. The summed E-state index contributed by atoms with van der Waals surface area (Å²) in [6.45, 7) is 0.890. The number of benzene rings is 2. The van der Waals surface area contributed by atoms with Crippen LogP contribution in [0.15, 0.2) is 36.4 Å². The zero-order valence-electron chi connectivity index (χ0n) is 16.6. The van der Waals surface area contributed by atoms with Gasteiger partial charge in [-0.15, -0.1) is 0 Å². The van der Waals surface area contributed by atoms with Crippen LogP contribution < -0.4 is 4.90 Å². The van der Waals surface area contributed by atoms with Crippen LogP contribution in [0.4, 0.5) is 19.3 Å². The molecule has 1 fully saturated rings. The lowest BCUT2D eigenvalue weighted by Gasteiger charge is -2.29. The predicted octanol–water partition coefficient (Wildman–Crippen LogP) is 4.08. The topological polar surface area (TPSA) is 64.1 Å². The van der Waals surface area contributed by atoms with Gasteiger partial charge in [-0.3, -0.25) is 4.90 Å². The first-order valence-electron chi connectivity index (χ1n) is 9.37. The number of amides is 2. The summed E-state index contributed by atoms with van der Waals surface area (Å²) in [7, 11) is 3.88. The van der Waals surface area contributed by atoms with Gasteiger partial charge in [0.2, 0.25) is 0 Å². The number of likely N-dealkylation sites (N-methyl/N-ethyl adjacent to an activating group) is 1. The Bertz CT molecular complexity index is 971. The van der Waals surface area contributed by atoms with Gasteiger partial charge in [0.25, 0.3) is 0 Å². The number of carboxylic acids is 1. The van der Waals surface area contributed by atoms with Gasteiger partial charge in [-0.05, 0) is 50.8 Å². The average molecular weight is 438 g/mol. The van der Waals surface area contributed by atoms with Crippen LogP contribution in [-0.2, 0) is 6.54 Å². The van der Waals surface area contributed by atoms with Crippen molar-refractivity contribution in [2.45, 2.75) is 19.0 Å². The van der Waals surface area contributed by atoms with Crippen molar-refractivity contribution < 1.29 is 23.5 Å². The Morgan fingerprint density at radius 2 is 1.90 bits per heavy atom. The third-order valence-corrected chi connectivity index (χ3v) is 5.53. The highest BCUT2D eigenvalue weighted by molar-refractivity contribution is 6.31. The molecule has 30 heavy (non-hydrogen) atoms. The molecule has 1 saturated heterocycles. The van der Waals surface area contributed by atoms with E-state index in [0.29, 0.717) is 18.8 Å². The second-order valence-corrected chi connectivity index (χ2v) is 7.84. The molecule has 160 valence electrons. The normalized spacial score (nSPS) is 16.2. The van der Waals surface area contributed by atoms with Crippen molar-refractivity contribution in [3.63, 3.8) is 0 Å². The number of carbonyl (C=O) groups is 2. The van der Waals surface area contributed by atoms with E-state index in [1.807, 2.05) is 19.0 Å². The Morgan fingerprint density at radius 3 is 2.47 bits per heavy atom. The summed E-state index contributed by atoms with van der Waals surface area (Å²) in [5, 5.41) is 8.87. The van der Waals surface area contributed by atoms with Crippen molar-refractivity contribution in [1.82, 2.24) is 9.80 Å². The van der Waals surface area contributed by atoms with Gasteiger partial charge < -0.3 is 14.9 Å². The highest BCUT2D eigenvalue weighted by Crippen LogP contribution is 2.27. The third-order valence-electron chi connectivity index (χ3n) is 5.24. The number of hydrogen-bond acceptors (Lipinski definition) is 3. The zero-order chi connectivity index (χ0) is 22.0. The average Bonchev–Trinajstić information content (AvgIpc) is 3.19. The SMILES string of the molecule is CN(C)C1CCN(C(=O)N(Cc2ccc(C(=O)O)cc2F)c2ccc(F)c(Cl)c2)C1. The first-order valence-corrected chi connectivity index (χ1v) is 9.75. The van der Waals surface area contributed by atoms with Crippen LogP contribution in [0.3, 0.4) is 0 Å². The molecule has 0 aliphatic carbocycles. The Morgan fingerprint density at radius 1 is 1.17 bits per heavy atom. The molecule has 1 N–H and O–H groups in total. The lowest BCUT2D eigenvalue weighted by molar-refractivity contribution is 0.0696. The van der Waals surface area contributed by atoms with E-state index < -0.39 is 17.6 Å². The quantitative estimate of drug-likeness (QED) is 0.765. The molecule has 1 heterocycles. The van der Waals surface area contributed by atoms with Crippen LogP contribution in [0.1, 0.15) is 22.3 Å². The largest absolute Gasteiger partial charge is 0.478 e. The fourth-order valence-electron chi connectivity index (χ4n) is 3.41. The fourth-order valence-corrected chi connectivity index (χ4v) is 3.58.